The quantitative estimate of drug-likeness (QED) is 0.386. The van der Waals surface area contributed by atoms with E-state index in [1.165, 1.54) is 5.56 Å². The molecule has 0 spiro atoms. The van der Waals surface area contributed by atoms with Crippen LogP contribution in [0.1, 0.15) is 18.9 Å². The molecule has 0 radical (unpaired) electrons. The molecule has 2 aromatic heterocycles. The Hall–Kier alpha value is -1.48. The van der Waals surface area contributed by atoms with Crippen molar-refractivity contribution in [1.82, 2.24) is 20.2 Å². The van der Waals surface area contributed by atoms with Gasteiger partial charge in [0.1, 0.15) is 5.82 Å². The first-order chi connectivity index (χ1) is 12.2. The third kappa shape index (κ3) is 5.51. The Morgan fingerprint density at radius 2 is 2.27 bits per heavy atom. The SMILES string of the molecule is CCNC(=NCc1ccn(C)c1)NC1CCN(c2ncccc2Cl)C1.I. The maximum Gasteiger partial charge on any atom is 0.191 e. The maximum atomic E-state index is 6.26. The molecule has 1 atom stereocenters. The number of aliphatic imine (C=N–C) groups is 1. The molecular formula is C18H26ClIN6. The van der Waals surface area contributed by atoms with Crippen LogP contribution in [0.3, 0.4) is 0 Å². The Morgan fingerprint density at radius 3 is 2.96 bits per heavy atom. The molecule has 2 N–H and O–H groups in total. The summed E-state index contributed by atoms with van der Waals surface area (Å²) in [6.45, 7) is 5.38. The first-order valence-electron chi connectivity index (χ1n) is 8.67. The van der Waals surface area contributed by atoms with Crippen molar-refractivity contribution in [3.63, 3.8) is 0 Å². The molecule has 0 aromatic carbocycles. The molecule has 3 heterocycles. The monoisotopic (exact) mass is 488 g/mol. The van der Waals surface area contributed by atoms with Crippen molar-refractivity contribution in [2.24, 2.45) is 12.0 Å². The number of halogens is 2. The van der Waals surface area contributed by atoms with E-state index in [9.17, 15) is 0 Å². The van der Waals surface area contributed by atoms with Crippen molar-refractivity contribution in [3.8, 4) is 0 Å². The summed E-state index contributed by atoms with van der Waals surface area (Å²) in [5.41, 5.74) is 1.20. The van der Waals surface area contributed by atoms with Gasteiger partial charge in [-0.15, -0.1) is 24.0 Å². The number of anilines is 1. The van der Waals surface area contributed by atoms with Crippen LogP contribution >= 0.6 is 35.6 Å². The number of nitrogens with one attached hydrogen (secondary N) is 2. The normalized spacial score (nSPS) is 17.1. The molecule has 0 bridgehead atoms. The Labute approximate surface area is 177 Å². The molecule has 8 heteroatoms. The zero-order valence-electron chi connectivity index (χ0n) is 15.2. The van der Waals surface area contributed by atoms with Gasteiger partial charge in [-0.3, -0.25) is 0 Å². The number of hydrogen-bond donors (Lipinski definition) is 2. The molecule has 1 saturated heterocycles. The summed E-state index contributed by atoms with van der Waals surface area (Å²) >= 11 is 6.26. The lowest BCUT2D eigenvalue weighted by Crippen LogP contribution is -2.44. The van der Waals surface area contributed by atoms with Gasteiger partial charge < -0.3 is 20.1 Å². The number of guanidine groups is 1. The fraction of sp³-hybridized carbons (Fsp3) is 0.444. The Kier molecular flexibility index (Phi) is 8.02. The highest BCUT2D eigenvalue weighted by molar-refractivity contribution is 14.0. The minimum absolute atomic E-state index is 0. The van der Waals surface area contributed by atoms with Crippen molar-refractivity contribution >= 4 is 47.4 Å². The molecule has 6 nitrogen and oxygen atoms in total. The van der Waals surface area contributed by atoms with E-state index in [0.29, 0.717) is 17.6 Å². The van der Waals surface area contributed by atoms with E-state index in [2.05, 4.69) is 39.7 Å². The Balaban J connectivity index is 0.00000243. The third-order valence-electron chi connectivity index (χ3n) is 4.22. The van der Waals surface area contributed by atoms with Crippen LogP contribution in [0.5, 0.6) is 0 Å². The summed E-state index contributed by atoms with van der Waals surface area (Å²) in [5.74, 6) is 1.71. The van der Waals surface area contributed by atoms with E-state index >= 15 is 0 Å². The van der Waals surface area contributed by atoms with Gasteiger partial charge in [-0.2, -0.15) is 0 Å². The fourth-order valence-corrected chi connectivity index (χ4v) is 3.26. The van der Waals surface area contributed by atoms with Gasteiger partial charge in [0, 0.05) is 51.3 Å². The van der Waals surface area contributed by atoms with Crippen LogP contribution in [0.15, 0.2) is 41.8 Å². The summed E-state index contributed by atoms with van der Waals surface area (Å²) in [4.78, 5) is 11.3. The van der Waals surface area contributed by atoms with Gasteiger partial charge in [-0.1, -0.05) is 11.6 Å². The van der Waals surface area contributed by atoms with Gasteiger partial charge in [0.2, 0.25) is 0 Å². The highest BCUT2D eigenvalue weighted by atomic mass is 127. The summed E-state index contributed by atoms with van der Waals surface area (Å²) in [6.07, 6.45) is 6.94. The van der Waals surface area contributed by atoms with E-state index < -0.39 is 0 Å². The second-order valence-corrected chi connectivity index (χ2v) is 6.67. The van der Waals surface area contributed by atoms with Crippen molar-refractivity contribution in [2.45, 2.75) is 25.9 Å². The maximum absolute atomic E-state index is 6.26. The average Bonchev–Trinajstić information content (AvgIpc) is 3.22. The summed E-state index contributed by atoms with van der Waals surface area (Å²) in [5, 5.41) is 7.56. The van der Waals surface area contributed by atoms with Crippen LogP contribution in [0.2, 0.25) is 5.02 Å². The van der Waals surface area contributed by atoms with Crippen LogP contribution in [0, 0.1) is 0 Å². The average molecular weight is 489 g/mol. The van der Waals surface area contributed by atoms with Gasteiger partial charge in [-0.25, -0.2) is 9.98 Å². The van der Waals surface area contributed by atoms with E-state index in [-0.39, 0.29) is 24.0 Å². The highest BCUT2D eigenvalue weighted by Crippen LogP contribution is 2.25. The lowest BCUT2D eigenvalue weighted by atomic mass is 10.3. The fourth-order valence-electron chi connectivity index (χ4n) is 3.02. The van der Waals surface area contributed by atoms with Crippen LogP contribution in [-0.2, 0) is 13.6 Å². The number of hydrogen-bond acceptors (Lipinski definition) is 3. The smallest absolute Gasteiger partial charge is 0.191 e. The molecule has 0 saturated carbocycles. The Bertz CT molecular complexity index is 732. The standard InChI is InChI=1S/C18H25ClN6.HI/c1-3-20-18(22-11-14-6-9-24(2)12-14)23-15-7-10-25(13-15)17-16(19)5-4-8-21-17;/h4-6,8-9,12,15H,3,7,10-11,13H2,1-2H3,(H2,20,22,23);1H. The zero-order chi connectivity index (χ0) is 17.6. The van der Waals surface area contributed by atoms with E-state index in [0.717, 1.165) is 37.8 Å². The van der Waals surface area contributed by atoms with Gasteiger partial charge in [0.15, 0.2) is 5.96 Å². The largest absolute Gasteiger partial charge is 0.357 e. The van der Waals surface area contributed by atoms with Crippen molar-refractivity contribution < 1.29 is 0 Å². The van der Waals surface area contributed by atoms with Crippen molar-refractivity contribution in [2.75, 3.05) is 24.5 Å². The van der Waals surface area contributed by atoms with Crippen LogP contribution in [0.4, 0.5) is 5.82 Å². The molecule has 3 rings (SSSR count). The molecule has 1 aliphatic heterocycles. The van der Waals surface area contributed by atoms with E-state index in [1.807, 2.05) is 29.9 Å². The first-order valence-corrected chi connectivity index (χ1v) is 9.04. The lowest BCUT2D eigenvalue weighted by Gasteiger charge is -2.20. The summed E-state index contributed by atoms with van der Waals surface area (Å²) in [7, 11) is 2.02. The van der Waals surface area contributed by atoms with Gasteiger partial charge in [0.25, 0.3) is 0 Å². The molecular weight excluding hydrogens is 463 g/mol. The van der Waals surface area contributed by atoms with Crippen LogP contribution in [-0.4, -0.2) is 41.2 Å². The molecule has 0 aliphatic carbocycles. The lowest BCUT2D eigenvalue weighted by molar-refractivity contribution is 0.648. The predicted molar refractivity (Wildman–Crippen MR) is 119 cm³/mol. The predicted octanol–water partition coefficient (Wildman–Crippen LogP) is 3.03. The van der Waals surface area contributed by atoms with Gasteiger partial charge in [0.05, 0.1) is 11.6 Å². The third-order valence-corrected chi connectivity index (χ3v) is 4.52. The number of aryl methyl sites for hydroxylation is 1. The Morgan fingerprint density at radius 1 is 1.42 bits per heavy atom. The van der Waals surface area contributed by atoms with Crippen molar-refractivity contribution in [3.05, 3.63) is 47.4 Å². The minimum Gasteiger partial charge on any atom is -0.357 e. The number of aromatic nitrogens is 2. The molecule has 2 aromatic rings. The topological polar surface area (TPSA) is 57.5 Å². The second-order valence-electron chi connectivity index (χ2n) is 6.27. The van der Waals surface area contributed by atoms with Gasteiger partial charge in [-0.05, 0) is 37.1 Å². The van der Waals surface area contributed by atoms with Crippen LogP contribution in [0.25, 0.3) is 0 Å². The second kappa shape index (κ2) is 10.0. The highest BCUT2D eigenvalue weighted by Gasteiger charge is 2.25. The van der Waals surface area contributed by atoms with Crippen LogP contribution < -0.4 is 15.5 Å². The molecule has 1 fully saturated rings. The van der Waals surface area contributed by atoms with E-state index in [1.54, 1.807) is 6.20 Å². The number of nitrogens with zero attached hydrogens (tertiary/aromatic N) is 4. The minimum atomic E-state index is 0. The zero-order valence-corrected chi connectivity index (χ0v) is 18.2. The first kappa shape index (κ1) is 20.8. The molecule has 1 unspecified atom stereocenters. The molecule has 26 heavy (non-hydrogen) atoms. The van der Waals surface area contributed by atoms with E-state index in [4.69, 9.17) is 16.6 Å². The molecule has 0 amide bonds. The number of rotatable bonds is 5. The summed E-state index contributed by atoms with van der Waals surface area (Å²) in [6, 6.07) is 6.16. The summed E-state index contributed by atoms with van der Waals surface area (Å²) < 4.78 is 2.04. The molecule has 1 aliphatic rings. The van der Waals surface area contributed by atoms with Crippen molar-refractivity contribution in [1.29, 1.82) is 0 Å². The molecule has 142 valence electrons. The number of pyridine rings is 1. The van der Waals surface area contributed by atoms with Gasteiger partial charge >= 0.3 is 0 Å².